The number of nitrogens with zero attached hydrogens (tertiary/aromatic N) is 3. The van der Waals surface area contributed by atoms with Crippen LogP contribution in [0.5, 0.6) is 11.5 Å². The number of hydrogen-bond acceptors (Lipinski definition) is 7. The molecule has 3 aromatic rings. The van der Waals surface area contributed by atoms with Crippen molar-refractivity contribution in [3.05, 3.63) is 45.4 Å². The van der Waals surface area contributed by atoms with Crippen LogP contribution in [0.25, 0.3) is 0 Å². The number of thiazole rings is 1. The first-order valence-corrected chi connectivity index (χ1v) is 9.34. The van der Waals surface area contributed by atoms with Crippen molar-refractivity contribution >= 4 is 34.6 Å². The van der Waals surface area contributed by atoms with Gasteiger partial charge in [-0.3, -0.25) is 9.89 Å². The van der Waals surface area contributed by atoms with Crippen LogP contribution in [0.2, 0.25) is 0 Å². The predicted octanol–water partition coefficient (Wildman–Crippen LogP) is 2.72. The van der Waals surface area contributed by atoms with Gasteiger partial charge in [0, 0.05) is 24.1 Å². The Labute approximate surface area is 165 Å². The maximum atomic E-state index is 12.4. The van der Waals surface area contributed by atoms with Gasteiger partial charge in [-0.2, -0.15) is 5.10 Å². The number of nitrogens with one attached hydrogen (secondary N) is 2. The molecule has 8 nitrogen and oxygen atoms in total. The quantitative estimate of drug-likeness (QED) is 0.587. The van der Waals surface area contributed by atoms with Crippen LogP contribution in [-0.4, -0.2) is 39.9 Å². The normalized spacial score (nSPS) is 10.6. The lowest BCUT2D eigenvalue weighted by Crippen LogP contribution is -2.15. The average molecular weight is 406 g/mol. The fraction of sp³-hybridized carbons (Fsp3) is 0.294. The van der Waals surface area contributed by atoms with E-state index in [1.165, 1.54) is 11.3 Å². The zero-order valence-corrected chi connectivity index (χ0v) is 16.7. The number of rotatable bonds is 7. The van der Waals surface area contributed by atoms with E-state index in [1.807, 2.05) is 18.5 Å². The van der Waals surface area contributed by atoms with Crippen molar-refractivity contribution in [2.45, 2.75) is 12.8 Å². The molecule has 142 valence electrons. The van der Waals surface area contributed by atoms with E-state index in [0.717, 1.165) is 17.1 Å². The molecule has 3 rings (SSSR count). The van der Waals surface area contributed by atoms with Crippen molar-refractivity contribution < 1.29 is 14.3 Å². The van der Waals surface area contributed by atoms with Crippen molar-refractivity contribution in [3.63, 3.8) is 0 Å². The third-order valence-corrected chi connectivity index (χ3v) is 5.13. The first kappa shape index (κ1) is 19.1. The van der Waals surface area contributed by atoms with Gasteiger partial charge in [-0.05, 0) is 18.3 Å². The third-order valence-electron chi connectivity index (χ3n) is 3.95. The van der Waals surface area contributed by atoms with Gasteiger partial charge >= 0.3 is 0 Å². The minimum absolute atomic E-state index is 0.169. The van der Waals surface area contributed by atoms with Crippen LogP contribution in [-0.2, 0) is 24.7 Å². The molecule has 0 fully saturated rings. The Balaban J connectivity index is 1.64. The molecule has 0 saturated heterocycles. The summed E-state index contributed by atoms with van der Waals surface area (Å²) in [6.45, 7) is 0. The number of ether oxygens (including phenoxy) is 2. The number of methoxy groups -OCH3 is 2. The van der Waals surface area contributed by atoms with Gasteiger partial charge in [-0.1, -0.05) is 6.07 Å². The number of aromatic amines is 1. The van der Waals surface area contributed by atoms with Crippen molar-refractivity contribution in [2.75, 3.05) is 19.5 Å². The van der Waals surface area contributed by atoms with Gasteiger partial charge in [0.2, 0.25) is 5.91 Å². The molecule has 0 spiro atoms. The van der Waals surface area contributed by atoms with E-state index in [9.17, 15) is 4.79 Å². The summed E-state index contributed by atoms with van der Waals surface area (Å²) in [5, 5.41) is 12.2. The molecule has 0 aliphatic rings. The number of H-pyrrole nitrogens is 1. The number of benzene rings is 1. The van der Waals surface area contributed by atoms with E-state index >= 15 is 0 Å². The highest BCUT2D eigenvalue weighted by atomic mass is 32.1. The lowest BCUT2D eigenvalue weighted by molar-refractivity contribution is -0.115. The molecule has 0 atom stereocenters. The molecular weight excluding hydrogens is 386 g/mol. The lowest BCUT2D eigenvalue weighted by atomic mass is 10.1. The van der Waals surface area contributed by atoms with Gasteiger partial charge in [-0.15, -0.1) is 11.3 Å². The zero-order valence-electron chi connectivity index (χ0n) is 15.1. The summed E-state index contributed by atoms with van der Waals surface area (Å²) in [5.41, 5.74) is 1.59. The van der Waals surface area contributed by atoms with Crippen LogP contribution in [0.15, 0.2) is 23.6 Å². The summed E-state index contributed by atoms with van der Waals surface area (Å²) in [5.74, 6) is 1.90. The molecule has 0 radical (unpaired) electrons. The van der Waals surface area contributed by atoms with Crippen molar-refractivity contribution in [1.29, 1.82) is 0 Å². The molecule has 0 unspecified atom stereocenters. The first-order chi connectivity index (χ1) is 13.0. The van der Waals surface area contributed by atoms with E-state index in [4.69, 9.17) is 21.7 Å². The summed E-state index contributed by atoms with van der Waals surface area (Å²) in [6, 6.07) is 5.36. The Morgan fingerprint density at radius 2 is 2.19 bits per heavy atom. The number of hydrogen-bond donors (Lipinski definition) is 2. The number of carbonyl (C=O) groups excluding carboxylic acids is 1. The van der Waals surface area contributed by atoms with Gasteiger partial charge in [-0.25, -0.2) is 4.98 Å². The molecule has 0 bridgehead atoms. The van der Waals surface area contributed by atoms with Gasteiger partial charge in [0.25, 0.3) is 0 Å². The van der Waals surface area contributed by atoms with E-state index in [2.05, 4.69) is 20.5 Å². The molecule has 2 aromatic heterocycles. The van der Waals surface area contributed by atoms with Gasteiger partial charge in [0.05, 0.1) is 32.8 Å². The summed E-state index contributed by atoms with van der Waals surface area (Å²) in [6.07, 6.45) is 0.706. The average Bonchev–Trinajstić information content (AvgIpc) is 3.23. The predicted molar refractivity (Wildman–Crippen MR) is 105 cm³/mol. The number of aromatic nitrogens is 4. The SMILES string of the molecule is COc1ccc(CC(=O)Nc2nc(Cc3n[nH]c(=S)n3C)cs2)c(OC)c1. The van der Waals surface area contributed by atoms with Crippen LogP contribution in [0, 0.1) is 4.77 Å². The second-order valence-corrected chi connectivity index (χ2v) is 6.97. The molecule has 0 aliphatic heterocycles. The number of anilines is 1. The van der Waals surface area contributed by atoms with Gasteiger partial charge in [0.1, 0.15) is 17.3 Å². The Morgan fingerprint density at radius 3 is 2.85 bits per heavy atom. The number of amides is 1. The first-order valence-electron chi connectivity index (χ1n) is 8.05. The minimum atomic E-state index is -0.169. The standard InChI is InChI=1S/C17H19N5O3S2/c1-22-14(20-21-17(22)26)7-11-9-27-16(18-11)19-15(23)6-10-4-5-12(24-2)8-13(10)25-3/h4-5,8-9H,6-7H2,1-3H3,(H,21,26)(H,18,19,23). The Morgan fingerprint density at radius 1 is 1.37 bits per heavy atom. The topological polar surface area (TPSA) is 94.1 Å². The van der Waals surface area contributed by atoms with E-state index < -0.39 is 0 Å². The van der Waals surface area contributed by atoms with E-state index in [-0.39, 0.29) is 12.3 Å². The maximum Gasteiger partial charge on any atom is 0.230 e. The highest BCUT2D eigenvalue weighted by molar-refractivity contribution is 7.71. The maximum absolute atomic E-state index is 12.4. The summed E-state index contributed by atoms with van der Waals surface area (Å²) >= 11 is 6.47. The van der Waals surface area contributed by atoms with Crippen LogP contribution < -0.4 is 14.8 Å². The molecule has 0 saturated carbocycles. The van der Waals surface area contributed by atoms with Crippen LogP contribution in [0.1, 0.15) is 17.1 Å². The zero-order chi connectivity index (χ0) is 19.4. The van der Waals surface area contributed by atoms with Crippen molar-refractivity contribution in [2.24, 2.45) is 7.05 Å². The van der Waals surface area contributed by atoms with Gasteiger partial charge in [0.15, 0.2) is 9.90 Å². The molecule has 1 amide bonds. The molecule has 1 aromatic carbocycles. The molecule has 2 heterocycles. The fourth-order valence-electron chi connectivity index (χ4n) is 2.48. The van der Waals surface area contributed by atoms with E-state index in [1.54, 1.807) is 30.9 Å². The van der Waals surface area contributed by atoms with Gasteiger partial charge < -0.3 is 19.4 Å². The monoisotopic (exact) mass is 405 g/mol. The summed E-state index contributed by atoms with van der Waals surface area (Å²) < 4.78 is 12.9. The van der Waals surface area contributed by atoms with E-state index in [0.29, 0.717) is 27.8 Å². The molecule has 10 heteroatoms. The van der Waals surface area contributed by atoms with Crippen LogP contribution >= 0.6 is 23.6 Å². The highest BCUT2D eigenvalue weighted by Gasteiger charge is 2.13. The summed E-state index contributed by atoms with van der Waals surface area (Å²) in [4.78, 5) is 16.8. The molecule has 2 N–H and O–H groups in total. The third kappa shape index (κ3) is 4.52. The smallest absolute Gasteiger partial charge is 0.230 e. The van der Waals surface area contributed by atoms with Crippen molar-refractivity contribution in [1.82, 2.24) is 19.7 Å². The molecule has 27 heavy (non-hydrogen) atoms. The lowest BCUT2D eigenvalue weighted by Gasteiger charge is -2.10. The number of carbonyl (C=O) groups is 1. The summed E-state index contributed by atoms with van der Waals surface area (Å²) in [7, 11) is 4.99. The molecule has 0 aliphatic carbocycles. The van der Waals surface area contributed by atoms with Crippen molar-refractivity contribution in [3.8, 4) is 11.5 Å². The Bertz CT molecular complexity index is 1010. The highest BCUT2D eigenvalue weighted by Crippen LogP contribution is 2.25. The minimum Gasteiger partial charge on any atom is -0.497 e. The Hall–Kier alpha value is -2.72. The largest absolute Gasteiger partial charge is 0.497 e. The molecular formula is C17H19N5O3S2. The Kier molecular flexibility index (Phi) is 5.87. The second-order valence-electron chi connectivity index (χ2n) is 5.73. The second kappa shape index (κ2) is 8.31. The van der Waals surface area contributed by atoms with Crippen LogP contribution in [0.3, 0.4) is 0 Å². The van der Waals surface area contributed by atoms with Crippen LogP contribution in [0.4, 0.5) is 5.13 Å². The fourth-order valence-corrected chi connectivity index (χ4v) is 3.36.